The van der Waals surface area contributed by atoms with Crippen molar-refractivity contribution in [2.45, 2.75) is 64.5 Å². The maximum absolute atomic E-state index is 15.7. The van der Waals surface area contributed by atoms with Crippen LogP contribution in [-0.4, -0.2) is 98.6 Å². The molecule has 47 heavy (non-hydrogen) atoms. The molecule has 0 unspecified atom stereocenters. The van der Waals surface area contributed by atoms with E-state index < -0.39 is 41.5 Å². The van der Waals surface area contributed by atoms with Gasteiger partial charge in [0.2, 0.25) is 11.8 Å². The molecule has 1 aliphatic carbocycles. The fourth-order valence-electron chi connectivity index (χ4n) is 6.09. The molecule has 4 amide bonds. The summed E-state index contributed by atoms with van der Waals surface area (Å²) in [5.74, 6) is -2.91. The maximum Gasteiger partial charge on any atom is 0.276 e. The number of piperazine rings is 1. The molecule has 5 rings (SSSR count). The number of carbonyl (C=O) groups is 4. The van der Waals surface area contributed by atoms with Gasteiger partial charge in [-0.2, -0.15) is 0 Å². The van der Waals surface area contributed by atoms with Gasteiger partial charge >= 0.3 is 0 Å². The molecule has 14 nitrogen and oxygen atoms in total. The number of halogens is 1. The van der Waals surface area contributed by atoms with Crippen molar-refractivity contribution in [3.05, 3.63) is 52.0 Å². The number of likely N-dealkylation sites (N-methyl/N-ethyl adjacent to an activating group) is 1. The first-order chi connectivity index (χ1) is 22.5. The Bertz CT molecular complexity index is 1570. The number of carbonyl (C=O) groups excluding carboxylic acids is 4. The van der Waals surface area contributed by atoms with Crippen LogP contribution in [0, 0.1) is 24.6 Å². The number of aryl methyl sites for hydroxylation is 1. The number of hydrogen-bond acceptors (Lipinski definition) is 11. The van der Waals surface area contributed by atoms with E-state index in [1.165, 1.54) is 18.3 Å². The second kappa shape index (κ2) is 15.1. The lowest BCUT2D eigenvalue weighted by Crippen LogP contribution is -2.55. The minimum atomic E-state index is -0.990. The lowest BCUT2D eigenvalue weighted by molar-refractivity contribution is -0.135. The summed E-state index contributed by atoms with van der Waals surface area (Å²) in [5.41, 5.74) is 0.654. The van der Waals surface area contributed by atoms with Gasteiger partial charge in [-0.15, -0.1) is 5.10 Å². The Balaban J connectivity index is 1.34. The number of nitrogens with one attached hydrogen (secondary N) is 3. The van der Waals surface area contributed by atoms with Gasteiger partial charge in [0.1, 0.15) is 28.5 Å². The summed E-state index contributed by atoms with van der Waals surface area (Å²) >= 11 is 0.912. The Morgan fingerprint density at radius 1 is 1.02 bits per heavy atom. The third kappa shape index (κ3) is 8.16. The molecule has 1 saturated carbocycles. The summed E-state index contributed by atoms with van der Waals surface area (Å²) in [6.45, 7) is 7.86. The van der Waals surface area contributed by atoms with E-state index in [9.17, 15) is 19.2 Å². The van der Waals surface area contributed by atoms with Gasteiger partial charge in [0, 0.05) is 32.1 Å². The summed E-state index contributed by atoms with van der Waals surface area (Å²) in [4.78, 5) is 57.4. The van der Waals surface area contributed by atoms with Gasteiger partial charge in [0.25, 0.3) is 11.8 Å². The first-order valence-electron chi connectivity index (χ1n) is 15.8. The standard InChI is InChI=1S/C31H40FN9O5S/c1-17-5-7-20(8-6-17)27(36-29(43)26-19(3)37-46-38-26)30(44)34-23-10-9-21(15-22(23)32)18(2)25(35-28(42)24-16-33-39-47-24)31(45)41-13-11-40(4)12-14-41/h9-10,15-18,20,25,27H,5-8,11-14H2,1-4H3,(H,34,44)(H,35,42)(H,36,43)/t17-,18-,20-,25+,27-/m0/s1. The van der Waals surface area contributed by atoms with Crippen molar-refractivity contribution < 1.29 is 28.2 Å². The van der Waals surface area contributed by atoms with E-state index in [0.29, 0.717) is 43.4 Å². The van der Waals surface area contributed by atoms with Gasteiger partial charge in [0.15, 0.2) is 5.69 Å². The molecule has 2 aliphatic rings. The summed E-state index contributed by atoms with van der Waals surface area (Å²) in [6, 6.07) is 2.38. The SMILES string of the molecule is Cc1nonc1C(=O)N[C@H](C(=O)Nc1ccc([C@H](C)[C@@H](NC(=O)c2cnns2)C(=O)N2CCN(C)CC2)cc1F)[C@H]1CC[C@H](C)CC1. The third-order valence-corrected chi connectivity index (χ3v) is 9.86. The van der Waals surface area contributed by atoms with Crippen molar-refractivity contribution in [3.8, 4) is 0 Å². The minimum absolute atomic E-state index is 0.0177. The molecule has 1 saturated heterocycles. The third-order valence-electron chi connectivity index (χ3n) is 9.20. The van der Waals surface area contributed by atoms with E-state index in [1.54, 1.807) is 24.8 Å². The van der Waals surface area contributed by atoms with Gasteiger partial charge in [-0.05, 0) is 73.0 Å². The fraction of sp³-hybridized carbons (Fsp3) is 0.548. The smallest absolute Gasteiger partial charge is 0.276 e. The minimum Gasteiger partial charge on any atom is -0.339 e. The molecule has 0 radical (unpaired) electrons. The summed E-state index contributed by atoms with van der Waals surface area (Å²) < 4.78 is 24.1. The van der Waals surface area contributed by atoms with Crippen molar-refractivity contribution in [1.29, 1.82) is 0 Å². The monoisotopic (exact) mass is 669 g/mol. The number of aromatic nitrogens is 4. The molecule has 3 heterocycles. The second-order valence-electron chi connectivity index (χ2n) is 12.5. The van der Waals surface area contributed by atoms with Crippen LogP contribution < -0.4 is 16.0 Å². The summed E-state index contributed by atoms with van der Waals surface area (Å²) in [5, 5.41) is 19.3. The van der Waals surface area contributed by atoms with Crippen LogP contribution in [0.5, 0.6) is 0 Å². The van der Waals surface area contributed by atoms with Gasteiger partial charge in [0.05, 0.1) is 11.9 Å². The molecular weight excluding hydrogens is 629 g/mol. The number of nitrogens with zero attached hydrogens (tertiary/aromatic N) is 6. The molecular formula is C31H40FN9O5S. The van der Waals surface area contributed by atoms with E-state index in [0.717, 1.165) is 37.2 Å². The zero-order valence-electron chi connectivity index (χ0n) is 26.9. The predicted octanol–water partition coefficient (Wildman–Crippen LogP) is 2.61. The Labute approximate surface area is 276 Å². The van der Waals surface area contributed by atoms with Crippen LogP contribution in [0.4, 0.5) is 10.1 Å². The largest absolute Gasteiger partial charge is 0.339 e. The van der Waals surface area contributed by atoms with Crippen molar-refractivity contribution in [1.82, 2.24) is 40.3 Å². The van der Waals surface area contributed by atoms with Gasteiger partial charge in [-0.1, -0.05) is 42.4 Å². The highest BCUT2D eigenvalue weighted by molar-refractivity contribution is 7.07. The first-order valence-corrected chi connectivity index (χ1v) is 16.5. The topological polar surface area (TPSA) is 176 Å². The Kier molecular flexibility index (Phi) is 10.9. The number of amides is 4. The van der Waals surface area contributed by atoms with Gasteiger partial charge in [-0.3, -0.25) is 19.2 Å². The second-order valence-corrected chi connectivity index (χ2v) is 13.3. The molecule has 3 N–H and O–H groups in total. The normalized spacial score (nSPS) is 20.6. The van der Waals surface area contributed by atoms with Gasteiger partial charge in [-0.25, -0.2) is 9.02 Å². The zero-order chi connectivity index (χ0) is 33.7. The molecule has 3 atom stereocenters. The molecule has 252 valence electrons. The molecule has 16 heteroatoms. The average Bonchev–Trinajstić information content (AvgIpc) is 3.76. The maximum atomic E-state index is 15.7. The van der Waals surface area contributed by atoms with Crippen LogP contribution in [0.25, 0.3) is 0 Å². The van der Waals surface area contributed by atoms with Gasteiger partial charge < -0.3 is 25.8 Å². The van der Waals surface area contributed by atoms with E-state index in [1.807, 2.05) is 7.05 Å². The molecule has 2 aromatic heterocycles. The highest BCUT2D eigenvalue weighted by atomic mass is 32.1. The van der Waals surface area contributed by atoms with Crippen LogP contribution in [0.3, 0.4) is 0 Å². The number of hydrogen-bond donors (Lipinski definition) is 3. The number of anilines is 1. The summed E-state index contributed by atoms with van der Waals surface area (Å²) in [7, 11) is 1.98. The first kappa shape index (κ1) is 34.0. The Hall–Kier alpha value is -4.31. The van der Waals surface area contributed by atoms with Crippen LogP contribution in [-0.2, 0) is 9.59 Å². The predicted molar refractivity (Wildman–Crippen MR) is 170 cm³/mol. The van der Waals surface area contributed by atoms with Crippen molar-refractivity contribution in [2.75, 3.05) is 38.5 Å². The average molecular weight is 670 g/mol. The fourth-order valence-corrected chi connectivity index (χ4v) is 6.50. The van der Waals surface area contributed by atoms with E-state index >= 15 is 4.39 Å². The molecule has 0 spiro atoms. The molecule has 1 aliphatic heterocycles. The van der Waals surface area contributed by atoms with Crippen LogP contribution in [0.1, 0.15) is 76.9 Å². The van der Waals surface area contributed by atoms with Crippen molar-refractivity contribution in [2.24, 2.45) is 11.8 Å². The lowest BCUT2D eigenvalue weighted by Gasteiger charge is -2.36. The Morgan fingerprint density at radius 3 is 2.36 bits per heavy atom. The van der Waals surface area contributed by atoms with Crippen LogP contribution >= 0.6 is 11.5 Å². The van der Waals surface area contributed by atoms with Crippen LogP contribution in [0.2, 0.25) is 0 Å². The van der Waals surface area contributed by atoms with E-state index in [4.69, 9.17) is 0 Å². The van der Waals surface area contributed by atoms with Crippen molar-refractivity contribution >= 4 is 40.8 Å². The molecule has 3 aromatic rings. The molecule has 1 aromatic carbocycles. The van der Waals surface area contributed by atoms with Crippen LogP contribution in [0.15, 0.2) is 29.0 Å². The number of benzene rings is 1. The van der Waals surface area contributed by atoms with Crippen molar-refractivity contribution in [3.63, 3.8) is 0 Å². The highest BCUT2D eigenvalue weighted by Gasteiger charge is 2.36. The Morgan fingerprint density at radius 2 is 1.74 bits per heavy atom. The highest BCUT2D eigenvalue weighted by Crippen LogP contribution is 2.32. The molecule has 2 fully saturated rings. The van der Waals surface area contributed by atoms with E-state index in [2.05, 4.69) is 52.3 Å². The lowest BCUT2D eigenvalue weighted by atomic mass is 9.79. The number of rotatable bonds is 10. The summed E-state index contributed by atoms with van der Waals surface area (Å²) in [6.07, 6.45) is 4.58. The molecule has 0 bridgehead atoms. The van der Waals surface area contributed by atoms with E-state index in [-0.39, 0.29) is 28.1 Å². The zero-order valence-corrected chi connectivity index (χ0v) is 27.7. The quantitative estimate of drug-likeness (QED) is 0.291.